The summed E-state index contributed by atoms with van der Waals surface area (Å²) < 4.78 is 5.46. The Kier molecular flexibility index (Phi) is 5.84. The van der Waals surface area contributed by atoms with Crippen molar-refractivity contribution in [2.24, 2.45) is 0 Å². The van der Waals surface area contributed by atoms with Crippen LogP contribution in [-0.4, -0.2) is 26.6 Å². The largest absolute Gasteiger partial charge is 0.444 e. The molecular weight excluding hydrogens is 420 g/mol. The van der Waals surface area contributed by atoms with Crippen LogP contribution in [0.4, 0.5) is 10.5 Å². The third kappa shape index (κ3) is 4.84. The number of hydrogen-bond acceptors (Lipinski definition) is 6. The molecule has 8 nitrogen and oxygen atoms in total. The van der Waals surface area contributed by atoms with Gasteiger partial charge in [0.1, 0.15) is 11.8 Å². The number of nitrogens with one attached hydrogen (secondary N) is 1. The molecule has 1 aromatic carbocycles. The normalized spacial score (nSPS) is 14.8. The van der Waals surface area contributed by atoms with Crippen LogP contribution >= 0.6 is 0 Å². The van der Waals surface area contributed by atoms with Crippen LogP contribution in [0.15, 0.2) is 61.1 Å². The highest BCUT2D eigenvalue weighted by molar-refractivity contribution is 5.81. The van der Waals surface area contributed by atoms with Crippen molar-refractivity contribution in [1.82, 2.24) is 15.3 Å². The number of nitrogens with zero attached hydrogens (tertiary/aromatic N) is 3. The number of aromatic nitrogens is 2. The number of hydrogen-bond donors (Lipinski definition) is 1. The van der Waals surface area contributed by atoms with E-state index in [1.54, 1.807) is 18.5 Å². The number of alkyl carbamates (subject to hydrolysis) is 1. The Labute approximate surface area is 192 Å². The van der Waals surface area contributed by atoms with Gasteiger partial charge in [-0.3, -0.25) is 15.1 Å². The molecule has 1 N–H and O–H groups in total. The second-order valence-electron chi connectivity index (χ2n) is 9.23. The number of carbonyl (C=O) groups excluding carboxylic acids is 1. The summed E-state index contributed by atoms with van der Waals surface area (Å²) in [6, 6.07) is 13.0. The van der Waals surface area contributed by atoms with Gasteiger partial charge in [-0.15, -0.1) is 0 Å². The second-order valence-corrected chi connectivity index (χ2v) is 9.23. The molecule has 1 aliphatic rings. The van der Waals surface area contributed by atoms with Crippen LogP contribution < -0.4 is 5.32 Å². The Hall–Kier alpha value is -3.81. The van der Waals surface area contributed by atoms with Gasteiger partial charge >= 0.3 is 6.09 Å². The second kappa shape index (κ2) is 8.61. The first-order valence-electron chi connectivity index (χ1n) is 10.8. The number of pyridine rings is 2. The molecule has 1 amide bonds. The van der Waals surface area contributed by atoms with Crippen LogP contribution in [0.2, 0.25) is 0 Å². The summed E-state index contributed by atoms with van der Waals surface area (Å²) in [6.07, 6.45) is 6.84. The van der Waals surface area contributed by atoms with E-state index in [4.69, 9.17) is 4.74 Å². The maximum atomic E-state index is 12.4. The summed E-state index contributed by atoms with van der Waals surface area (Å²) in [6.45, 7) is 5.52. The number of rotatable bonds is 5. The Morgan fingerprint density at radius 1 is 1.12 bits per heavy atom. The Morgan fingerprint density at radius 2 is 1.85 bits per heavy atom. The Bertz CT molecular complexity index is 1170. The lowest BCUT2D eigenvalue weighted by Crippen LogP contribution is -2.52. The molecule has 170 valence electrons. The summed E-state index contributed by atoms with van der Waals surface area (Å²) in [5.74, 6) is 0. The third-order valence-electron chi connectivity index (χ3n) is 5.71. The minimum Gasteiger partial charge on any atom is -0.444 e. The molecule has 2 aromatic heterocycles. The minimum atomic E-state index is -0.566. The smallest absolute Gasteiger partial charge is 0.408 e. The Morgan fingerprint density at radius 3 is 2.39 bits per heavy atom. The number of carbonyl (C=O) groups is 1. The topological polar surface area (TPSA) is 107 Å². The fourth-order valence-electron chi connectivity index (χ4n) is 3.99. The van der Waals surface area contributed by atoms with E-state index in [0.29, 0.717) is 11.3 Å². The van der Waals surface area contributed by atoms with Crippen molar-refractivity contribution in [1.29, 1.82) is 0 Å². The molecule has 0 atom stereocenters. The molecule has 2 heterocycles. The monoisotopic (exact) mass is 446 g/mol. The van der Waals surface area contributed by atoms with Crippen molar-refractivity contribution in [3.05, 3.63) is 76.7 Å². The maximum Gasteiger partial charge on any atom is 0.408 e. The number of benzene rings is 1. The van der Waals surface area contributed by atoms with E-state index >= 15 is 0 Å². The highest BCUT2D eigenvalue weighted by Crippen LogP contribution is 2.42. The predicted molar refractivity (Wildman–Crippen MR) is 124 cm³/mol. The van der Waals surface area contributed by atoms with Gasteiger partial charge < -0.3 is 10.1 Å². The fraction of sp³-hybridized carbons (Fsp3) is 0.320. The van der Waals surface area contributed by atoms with Gasteiger partial charge in [-0.1, -0.05) is 30.3 Å². The Balaban J connectivity index is 1.66. The molecule has 0 bridgehead atoms. The first-order chi connectivity index (χ1) is 15.7. The van der Waals surface area contributed by atoms with Crippen molar-refractivity contribution < 1.29 is 14.5 Å². The quantitative estimate of drug-likeness (QED) is 0.402. The highest BCUT2D eigenvalue weighted by atomic mass is 16.6. The van der Waals surface area contributed by atoms with Gasteiger partial charge in [0.15, 0.2) is 0 Å². The van der Waals surface area contributed by atoms with E-state index in [1.165, 1.54) is 12.3 Å². The molecule has 33 heavy (non-hydrogen) atoms. The van der Waals surface area contributed by atoms with E-state index in [0.717, 1.165) is 36.0 Å². The molecule has 1 saturated carbocycles. The molecule has 0 unspecified atom stereocenters. The van der Waals surface area contributed by atoms with E-state index in [9.17, 15) is 14.9 Å². The summed E-state index contributed by atoms with van der Waals surface area (Å²) in [5.41, 5.74) is 2.73. The van der Waals surface area contributed by atoms with Gasteiger partial charge in [0.2, 0.25) is 0 Å². The first-order valence-corrected chi connectivity index (χ1v) is 10.8. The average Bonchev–Trinajstić information content (AvgIpc) is 2.75. The number of nitro groups is 1. The van der Waals surface area contributed by atoms with Crippen molar-refractivity contribution in [2.75, 3.05) is 0 Å². The van der Waals surface area contributed by atoms with Crippen molar-refractivity contribution >= 4 is 11.8 Å². The van der Waals surface area contributed by atoms with Gasteiger partial charge in [-0.2, -0.15) is 0 Å². The molecule has 8 heteroatoms. The van der Waals surface area contributed by atoms with Crippen LogP contribution in [0, 0.1) is 10.1 Å². The van der Waals surface area contributed by atoms with E-state index in [1.807, 2.05) is 51.1 Å². The van der Waals surface area contributed by atoms with Crippen molar-refractivity contribution in [3.8, 4) is 22.4 Å². The molecule has 0 aliphatic heterocycles. The van der Waals surface area contributed by atoms with E-state index in [2.05, 4.69) is 15.3 Å². The third-order valence-corrected chi connectivity index (χ3v) is 5.71. The molecule has 0 saturated heterocycles. The SMILES string of the molecule is CC(C)(C)OC(=O)NC1(c2ccc(-c3ncc([N+](=O)[O-])cc3-c3cccnc3)cc2)CCC1. The standard InChI is InChI=1S/C25H26N4O4/c1-24(2,3)33-23(30)28-25(11-5-12-25)19-9-7-17(8-10-19)22-21(18-6-4-13-26-15-18)14-20(16-27-22)29(31)32/h4,6-10,13-16H,5,11-12H2,1-3H3,(H,28,30). The molecular formula is C25H26N4O4. The highest BCUT2D eigenvalue weighted by Gasteiger charge is 2.41. The summed E-state index contributed by atoms with van der Waals surface area (Å²) in [4.78, 5) is 31.8. The van der Waals surface area contributed by atoms with Crippen LogP contribution in [0.1, 0.15) is 45.6 Å². The average molecular weight is 447 g/mol. The van der Waals surface area contributed by atoms with Crippen LogP contribution in [0.5, 0.6) is 0 Å². The van der Waals surface area contributed by atoms with Gasteiger partial charge in [-0.25, -0.2) is 9.78 Å². The zero-order chi connectivity index (χ0) is 23.6. The summed E-state index contributed by atoms with van der Waals surface area (Å²) in [5, 5.41) is 14.4. The fourth-order valence-corrected chi connectivity index (χ4v) is 3.99. The summed E-state index contributed by atoms with van der Waals surface area (Å²) in [7, 11) is 0. The van der Waals surface area contributed by atoms with Crippen LogP contribution in [-0.2, 0) is 10.3 Å². The van der Waals surface area contributed by atoms with Gasteiger partial charge in [-0.05, 0) is 51.7 Å². The van der Waals surface area contributed by atoms with Crippen LogP contribution in [0.3, 0.4) is 0 Å². The molecule has 1 fully saturated rings. The maximum absolute atomic E-state index is 12.4. The van der Waals surface area contributed by atoms with E-state index in [-0.39, 0.29) is 5.69 Å². The zero-order valence-corrected chi connectivity index (χ0v) is 18.9. The molecule has 0 spiro atoms. The predicted octanol–water partition coefficient (Wildman–Crippen LogP) is 5.62. The van der Waals surface area contributed by atoms with Crippen molar-refractivity contribution in [3.63, 3.8) is 0 Å². The lowest BCUT2D eigenvalue weighted by molar-refractivity contribution is -0.385. The molecule has 0 radical (unpaired) electrons. The van der Waals surface area contributed by atoms with Gasteiger partial charge in [0, 0.05) is 35.2 Å². The first kappa shape index (κ1) is 22.4. The van der Waals surface area contributed by atoms with Gasteiger partial charge in [0.25, 0.3) is 5.69 Å². The number of amides is 1. The lowest BCUT2D eigenvalue weighted by Gasteiger charge is -2.43. The zero-order valence-electron chi connectivity index (χ0n) is 18.9. The van der Waals surface area contributed by atoms with Crippen LogP contribution in [0.25, 0.3) is 22.4 Å². The summed E-state index contributed by atoms with van der Waals surface area (Å²) >= 11 is 0. The lowest BCUT2D eigenvalue weighted by atomic mass is 9.71. The molecule has 1 aliphatic carbocycles. The van der Waals surface area contributed by atoms with Crippen molar-refractivity contribution in [2.45, 2.75) is 51.2 Å². The minimum absolute atomic E-state index is 0.0794. The van der Waals surface area contributed by atoms with E-state index < -0.39 is 22.2 Å². The van der Waals surface area contributed by atoms with Gasteiger partial charge in [0.05, 0.1) is 16.2 Å². The number of ether oxygens (including phenoxy) is 1. The molecule has 4 rings (SSSR count). The molecule has 3 aromatic rings.